The van der Waals surface area contributed by atoms with Gasteiger partial charge < -0.3 is 0 Å². The number of halogens is 3. The van der Waals surface area contributed by atoms with Gasteiger partial charge in [0.2, 0.25) is 0 Å². The summed E-state index contributed by atoms with van der Waals surface area (Å²) in [6.45, 7) is 0. The number of thiol groups is 1. The third kappa shape index (κ3) is 6.95. The summed E-state index contributed by atoms with van der Waals surface area (Å²) in [5, 5.41) is 0. The van der Waals surface area contributed by atoms with Crippen LogP contribution in [0, 0.1) is 17.5 Å². The molecule has 0 radical (unpaired) electrons. The molecule has 3 aromatic rings. The minimum Gasteiger partial charge on any atom is -0.207 e. The van der Waals surface area contributed by atoms with Gasteiger partial charge in [-0.25, -0.2) is 13.2 Å². The smallest absolute Gasteiger partial charge is 0.123 e. The van der Waals surface area contributed by atoms with E-state index in [0.29, 0.717) is 0 Å². The molecule has 0 heterocycles. The molecule has 0 aromatic heterocycles. The van der Waals surface area contributed by atoms with Gasteiger partial charge in [-0.2, -0.15) is 0 Å². The third-order valence-electron chi connectivity index (χ3n) is 2.69. The van der Waals surface area contributed by atoms with Crippen LogP contribution < -0.4 is 0 Å². The molecule has 0 atom stereocenters. The number of hydrogen-bond acceptors (Lipinski definition) is 3. The summed E-state index contributed by atoms with van der Waals surface area (Å²) in [6, 6.07) is 18.5. The Kier molecular flexibility index (Phi) is 7.62. The van der Waals surface area contributed by atoms with Gasteiger partial charge in [0.15, 0.2) is 0 Å². The number of hydrogen-bond donors (Lipinski definition) is 1. The molecule has 0 bridgehead atoms. The van der Waals surface area contributed by atoms with E-state index in [1.54, 1.807) is 36.4 Å². The largest absolute Gasteiger partial charge is 0.207 e. The van der Waals surface area contributed by atoms with Crippen LogP contribution in [0.3, 0.4) is 0 Å². The molecule has 0 aliphatic heterocycles. The SMILES string of the molecule is Fc1ccc(S)cc1.Fc1ccc(SSc2ccc(F)cc2)cc1. The maximum atomic E-state index is 12.6. The van der Waals surface area contributed by atoms with E-state index < -0.39 is 0 Å². The average molecular weight is 382 g/mol. The fraction of sp³-hybridized carbons (Fsp3) is 0. The average Bonchev–Trinajstić information content (AvgIpc) is 2.59. The Morgan fingerprint density at radius 3 is 1.08 bits per heavy atom. The number of benzene rings is 3. The van der Waals surface area contributed by atoms with Gasteiger partial charge in [0, 0.05) is 14.7 Å². The lowest BCUT2D eigenvalue weighted by molar-refractivity contribution is 0.626. The standard InChI is InChI=1S/C12H8F2S2.C6H5FS/c13-9-1-5-11(6-2-9)15-16-12-7-3-10(14)4-8-12;7-5-1-3-6(8)4-2-5/h1-8H;1-4,8H. The van der Waals surface area contributed by atoms with Crippen molar-refractivity contribution in [2.45, 2.75) is 14.7 Å². The molecule has 0 fully saturated rings. The summed E-state index contributed by atoms with van der Waals surface area (Å²) in [4.78, 5) is 2.72. The molecule has 3 rings (SSSR count). The van der Waals surface area contributed by atoms with Crippen molar-refractivity contribution in [2.24, 2.45) is 0 Å². The summed E-state index contributed by atoms with van der Waals surface area (Å²) in [6.07, 6.45) is 0. The molecule has 124 valence electrons. The molecule has 0 unspecified atom stereocenters. The highest BCUT2D eigenvalue weighted by Gasteiger charge is 1.98. The van der Waals surface area contributed by atoms with E-state index in [4.69, 9.17) is 0 Å². The summed E-state index contributed by atoms with van der Waals surface area (Å²) in [7, 11) is 3.03. The van der Waals surface area contributed by atoms with Crippen LogP contribution in [0.2, 0.25) is 0 Å². The van der Waals surface area contributed by atoms with E-state index in [2.05, 4.69) is 12.6 Å². The first-order chi connectivity index (χ1) is 11.5. The minimum atomic E-state index is -0.240. The second-order valence-electron chi connectivity index (χ2n) is 4.55. The second-order valence-corrected chi connectivity index (χ2v) is 7.34. The molecule has 0 saturated carbocycles. The Labute approximate surface area is 152 Å². The molecular formula is C18H13F3S3. The van der Waals surface area contributed by atoms with Gasteiger partial charge in [-0.1, -0.05) is 21.6 Å². The first-order valence-electron chi connectivity index (χ1n) is 6.83. The summed E-state index contributed by atoms with van der Waals surface area (Å²) in [5.74, 6) is -0.699. The highest BCUT2D eigenvalue weighted by atomic mass is 33.1. The van der Waals surface area contributed by atoms with Crippen molar-refractivity contribution in [3.63, 3.8) is 0 Å². The number of rotatable bonds is 3. The first-order valence-corrected chi connectivity index (χ1v) is 9.43. The van der Waals surface area contributed by atoms with Gasteiger partial charge in [0.25, 0.3) is 0 Å². The van der Waals surface area contributed by atoms with E-state index in [1.165, 1.54) is 58.0 Å². The van der Waals surface area contributed by atoms with Crippen molar-refractivity contribution in [1.82, 2.24) is 0 Å². The zero-order valence-electron chi connectivity index (χ0n) is 12.3. The van der Waals surface area contributed by atoms with Crippen LogP contribution >= 0.6 is 34.2 Å². The fourth-order valence-corrected chi connectivity index (χ4v) is 3.60. The van der Waals surface area contributed by atoms with Crippen LogP contribution in [0.25, 0.3) is 0 Å². The molecule has 24 heavy (non-hydrogen) atoms. The zero-order chi connectivity index (χ0) is 17.4. The monoisotopic (exact) mass is 382 g/mol. The van der Waals surface area contributed by atoms with Gasteiger partial charge >= 0.3 is 0 Å². The van der Waals surface area contributed by atoms with E-state index >= 15 is 0 Å². The Balaban J connectivity index is 0.000000219. The van der Waals surface area contributed by atoms with Gasteiger partial charge in [-0.05, 0) is 72.8 Å². The van der Waals surface area contributed by atoms with E-state index in [0.717, 1.165) is 14.7 Å². The topological polar surface area (TPSA) is 0 Å². The summed E-state index contributed by atoms with van der Waals surface area (Å²) in [5.41, 5.74) is 0. The van der Waals surface area contributed by atoms with E-state index in [9.17, 15) is 13.2 Å². The van der Waals surface area contributed by atoms with Crippen molar-refractivity contribution in [2.75, 3.05) is 0 Å². The van der Waals surface area contributed by atoms with Crippen molar-refractivity contribution in [1.29, 1.82) is 0 Å². The Hall–Kier alpha value is -1.50. The van der Waals surface area contributed by atoms with Crippen LogP contribution in [-0.4, -0.2) is 0 Å². The van der Waals surface area contributed by atoms with Gasteiger partial charge in [0.1, 0.15) is 17.5 Å². The minimum absolute atomic E-state index is 0.220. The predicted molar refractivity (Wildman–Crippen MR) is 98.2 cm³/mol. The van der Waals surface area contributed by atoms with Crippen LogP contribution in [-0.2, 0) is 0 Å². The van der Waals surface area contributed by atoms with Crippen LogP contribution in [0.4, 0.5) is 13.2 Å². The third-order valence-corrected chi connectivity index (χ3v) is 5.40. The molecule has 0 N–H and O–H groups in total. The molecule has 0 spiro atoms. The second kappa shape index (κ2) is 9.71. The molecule has 0 amide bonds. The predicted octanol–water partition coefficient (Wildman–Crippen LogP) is 6.88. The van der Waals surface area contributed by atoms with Gasteiger partial charge in [-0.3, -0.25) is 0 Å². The summed E-state index contributed by atoms with van der Waals surface area (Å²) >= 11 is 3.97. The maximum absolute atomic E-state index is 12.6. The highest BCUT2D eigenvalue weighted by Crippen LogP contribution is 2.37. The lowest BCUT2D eigenvalue weighted by Crippen LogP contribution is -1.74. The van der Waals surface area contributed by atoms with E-state index in [-0.39, 0.29) is 17.5 Å². The Morgan fingerprint density at radius 1 is 0.500 bits per heavy atom. The first kappa shape index (κ1) is 18.8. The molecule has 6 heteroatoms. The van der Waals surface area contributed by atoms with Crippen molar-refractivity contribution in [3.05, 3.63) is 90.2 Å². The van der Waals surface area contributed by atoms with Gasteiger partial charge in [0.05, 0.1) is 0 Å². The highest BCUT2D eigenvalue weighted by molar-refractivity contribution is 8.76. The molecule has 0 nitrogen and oxygen atoms in total. The lowest BCUT2D eigenvalue weighted by Gasteiger charge is -2.00. The quantitative estimate of drug-likeness (QED) is 0.387. The Morgan fingerprint density at radius 2 is 0.792 bits per heavy atom. The van der Waals surface area contributed by atoms with Crippen LogP contribution in [0.5, 0.6) is 0 Å². The normalized spacial score (nSPS) is 10.0. The van der Waals surface area contributed by atoms with Gasteiger partial charge in [-0.15, -0.1) is 12.6 Å². The molecular weight excluding hydrogens is 369 g/mol. The van der Waals surface area contributed by atoms with Crippen molar-refractivity contribution < 1.29 is 13.2 Å². The molecule has 0 saturated heterocycles. The van der Waals surface area contributed by atoms with Crippen molar-refractivity contribution in [3.8, 4) is 0 Å². The lowest BCUT2D eigenvalue weighted by atomic mass is 10.4. The van der Waals surface area contributed by atoms with E-state index in [1.807, 2.05) is 0 Å². The van der Waals surface area contributed by atoms with Crippen LogP contribution in [0.1, 0.15) is 0 Å². The molecule has 0 aliphatic rings. The summed E-state index contributed by atoms with van der Waals surface area (Å²) < 4.78 is 37.3. The molecule has 0 aliphatic carbocycles. The molecule has 3 aromatic carbocycles. The fourth-order valence-electron chi connectivity index (χ4n) is 1.52. The zero-order valence-corrected chi connectivity index (χ0v) is 14.9. The van der Waals surface area contributed by atoms with Crippen LogP contribution in [0.15, 0.2) is 87.5 Å². The Bertz CT molecular complexity index is 675. The maximum Gasteiger partial charge on any atom is 0.123 e. The van der Waals surface area contributed by atoms with Crippen molar-refractivity contribution >= 4 is 34.2 Å².